The summed E-state index contributed by atoms with van der Waals surface area (Å²) in [4.78, 5) is 28.6. The lowest BCUT2D eigenvalue weighted by atomic mass is 9.98. The Balaban J connectivity index is 1.84. The van der Waals surface area contributed by atoms with E-state index in [9.17, 15) is 9.59 Å². The molecule has 0 N–H and O–H groups in total. The standard InChI is InChI=1S/C26H29NO6/c1-4-30-15-9-14-27-23(17-12-13-20(31-5-2)21(16-17)32-6-3)22-24(28)18-10-7-8-11-19(18)33-25(22)26(27)29/h7-8,10-13,16,23H,4-6,9,14-15H2,1-3H3. The number of nitrogens with zero attached hydrogens (tertiary/aromatic N) is 1. The third kappa shape index (κ3) is 4.33. The Labute approximate surface area is 192 Å². The molecular formula is C26H29NO6. The van der Waals surface area contributed by atoms with Gasteiger partial charge in [-0.2, -0.15) is 0 Å². The Morgan fingerprint density at radius 1 is 0.939 bits per heavy atom. The van der Waals surface area contributed by atoms with Crippen molar-refractivity contribution in [1.29, 1.82) is 0 Å². The van der Waals surface area contributed by atoms with Crippen molar-refractivity contribution in [3.8, 4) is 11.5 Å². The predicted octanol–water partition coefficient (Wildman–Crippen LogP) is 4.56. The van der Waals surface area contributed by atoms with Crippen LogP contribution in [-0.4, -0.2) is 43.8 Å². The van der Waals surface area contributed by atoms with E-state index in [0.29, 0.717) is 67.4 Å². The molecule has 0 aliphatic carbocycles. The monoisotopic (exact) mass is 451 g/mol. The number of fused-ring (bicyclic) bond motifs is 2. The number of hydrogen-bond donors (Lipinski definition) is 0. The highest BCUT2D eigenvalue weighted by Crippen LogP contribution is 2.41. The largest absolute Gasteiger partial charge is 0.490 e. The summed E-state index contributed by atoms with van der Waals surface area (Å²) in [5.41, 5.74) is 1.35. The Morgan fingerprint density at radius 3 is 2.45 bits per heavy atom. The molecule has 0 bridgehead atoms. The van der Waals surface area contributed by atoms with Gasteiger partial charge in [-0.1, -0.05) is 18.2 Å². The van der Waals surface area contributed by atoms with Gasteiger partial charge in [0.1, 0.15) is 5.58 Å². The summed E-state index contributed by atoms with van der Waals surface area (Å²) in [5.74, 6) is 1.02. The fourth-order valence-corrected chi connectivity index (χ4v) is 4.26. The zero-order valence-corrected chi connectivity index (χ0v) is 19.3. The number of carbonyl (C=O) groups excluding carboxylic acids is 1. The van der Waals surface area contributed by atoms with E-state index in [2.05, 4.69) is 0 Å². The molecule has 1 aromatic heterocycles. The average molecular weight is 452 g/mol. The van der Waals surface area contributed by atoms with Crippen LogP contribution in [0.15, 0.2) is 51.7 Å². The van der Waals surface area contributed by atoms with E-state index in [1.807, 2.05) is 39.0 Å². The lowest BCUT2D eigenvalue weighted by Crippen LogP contribution is -2.31. The molecule has 0 saturated carbocycles. The van der Waals surface area contributed by atoms with Gasteiger partial charge in [-0.05, 0) is 57.0 Å². The van der Waals surface area contributed by atoms with Crippen molar-refractivity contribution in [1.82, 2.24) is 4.90 Å². The first-order chi connectivity index (χ1) is 16.1. The van der Waals surface area contributed by atoms with Crippen LogP contribution < -0.4 is 14.9 Å². The molecule has 4 rings (SSSR count). The molecule has 33 heavy (non-hydrogen) atoms. The fraction of sp³-hybridized carbons (Fsp3) is 0.385. The van der Waals surface area contributed by atoms with E-state index in [0.717, 1.165) is 5.56 Å². The minimum Gasteiger partial charge on any atom is -0.490 e. The van der Waals surface area contributed by atoms with Crippen molar-refractivity contribution in [3.05, 3.63) is 69.6 Å². The molecule has 2 heterocycles. The van der Waals surface area contributed by atoms with Gasteiger partial charge in [-0.15, -0.1) is 0 Å². The molecule has 1 atom stereocenters. The number of carbonyl (C=O) groups is 1. The first-order valence-electron chi connectivity index (χ1n) is 11.4. The molecule has 0 fully saturated rings. The number of rotatable bonds is 10. The van der Waals surface area contributed by atoms with Gasteiger partial charge in [0.2, 0.25) is 5.76 Å². The minimum absolute atomic E-state index is 0.104. The van der Waals surface area contributed by atoms with Crippen LogP contribution in [0.1, 0.15) is 54.9 Å². The van der Waals surface area contributed by atoms with Crippen LogP contribution in [0.2, 0.25) is 0 Å². The molecular weight excluding hydrogens is 422 g/mol. The highest BCUT2D eigenvalue weighted by Gasteiger charge is 2.42. The highest BCUT2D eigenvalue weighted by atomic mass is 16.5. The van der Waals surface area contributed by atoms with Gasteiger partial charge in [0.25, 0.3) is 5.91 Å². The number of hydrogen-bond acceptors (Lipinski definition) is 6. The topological polar surface area (TPSA) is 78.2 Å². The van der Waals surface area contributed by atoms with Crippen molar-refractivity contribution in [2.45, 2.75) is 33.2 Å². The zero-order chi connectivity index (χ0) is 23.4. The smallest absolute Gasteiger partial charge is 0.290 e. The lowest BCUT2D eigenvalue weighted by Gasteiger charge is -2.26. The number of amides is 1. The third-order valence-corrected chi connectivity index (χ3v) is 5.65. The maximum atomic E-state index is 13.5. The average Bonchev–Trinajstić information content (AvgIpc) is 3.10. The zero-order valence-electron chi connectivity index (χ0n) is 19.3. The second-order valence-electron chi connectivity index (χ2n) is 7.69. The quantitative estimate of drug-likeness (QED) is 0.421. The molecule has 1 aliphatic heterocycles. The van der Waals surface area contributed by atoms with Crippen molar-refractivity contribution in [2.75, 3.05) is 33.0 Å². The summed E-state index contributed by atoms with van der Waals surface area (Å²) < 4.78 is 22.9. The summed E-state index contributed by atoms with van der Waals surface area (Å²) in [5, 5.41) is 0.459. The van der Waals surface area contributed by atoms with Crippen molar-refractivity contribution < 1.29 is 23.4 Å². The minimum atomic E-state index is -0.579. The molecule has 7 heteroatoms. The van der Waals surface area contributed by atoms with Gasteiger partial charge in [0.15, 0.2) is 16.9 Å². The Bertz CT molecular complexity index is 1200. The summed E-state index contributed by atoms with van der Waals surface area (Å²) in [6.45, 7) is 8.28. The third-order valence-electron chi connectivity index (χ3n) is 5.65. The molecule has 3 aromatic rings. The normalized spacial score (nSPS) is 15.2. The van der Waals surface area contributed by atoms with E-state index in [4.69, 9.17) is 18.6 Å². The van der Waals surface area contributed by atoms with Gasteiger partial charge in [0, 0.05) is 19.8 Å². The van der Waals surface area contributed by atoms with E-state index >= 15 is 0 Å². The SMILES string of the molecule is CCOCCCN1C(=O)c2oc3ccccc3c(=O)c2C1c1ccc(OCC)c(OCC)c1. The predicted molar refractivity (Wildman–Crippen MR) is 125 cm³/mol. The molecule has 2 aromatic carbocycles. The van der Waals surface area contributed by atoms with Crippen molar-refractivity contribution in [3.63, 3.8) is 0 Å². The fourth-order valence-electron chi connectivity index (χ4n) is 4.26. The van der Waals surface area contributed by atoms with E-state index in [1.165, 1.54) is 0 Å². The molecule has 1 amide bonds. The van der Waals surface area contributed by atoms with Gasteiger partial charge in [0.05, 0.1) is 30.2 Å². The van der Waals surface area contributed by atoms with Crippen LogP contribution in [0.5, 0.6) is 11.5 Å². The van der Waals surface area contributed by atoms with Crippen LogP contribution in [0.25, 0.3) is 11.0 Å². The number of benzene rings is 2. The summed E-state index contributed by atoms with van der Waals surface area (Å²) >= 11 is 0. The molecule has 174 valence electrons. The maximum absolute atomic E-state index is 13.5. The molecule has 7 nitrogen and oxygen atoms in total. The molecule has 1 unspecified atom stereocenters. The van der Waals surface area contributed by atoms with Crippen molar-refractivity contribution in [2.24, 2.45) is 0 Å². The Morgan fingerprint density at radius 2 is 1.70 bits per heavy atom. The summed E-state index contributed by atoms with van der Waals surface area (Å²) in [7, 11) is 0. The van der Waals surface area contributed by atoms with E-state index < -0.39 is 6.04 Å². The van der Waals surface area contributed by atoms with Crippen LogP contribution in [-0.2, 0) is 4.74 Å². The summed E-state index contributed by atoms with van der Waals surface area (Å²) in [6, 6.07) is 12.0. The first-order valence-corrected chi connectivity index (χ1v) is 11.4. The molecule has 0 saturated heterocycles. The maximum Gasteiger partial charge on any atom is 0.290 e. The van der Waals surface area contributed by atoms with E-state index in [-0.39, 0.29) is 17.1 Å². The van der Waals surface area contributed by atoms with Crippen molar-refractivity contribution >= 4 is 16.9 Å². The highest BCUT2D eigenvalue weighted by molar-refractivity contribution is 5.99. The Kier molecular flexibility index (Phi) is 6.99. The molecule has 0 spiro atoms. The second kappa shape index (κ2) is 10.1. The van der Waals surface area contributed by atoms with Gasteiger partial charge in [-0.3, -0.25) is 9.59 Å². The van der Waals surface area contributed by atoms with Crippen LogP contribution in [0.3, 0.4) is 0 Å². The molecule has 1 aliphatic rings. The second-order valence-corrected chi connectivity index (χ2v) is 7.69. The number of ether oxygens (including phenoxy) is 3. The van der Waals surface area contributed by atoms with Gasteiger partial charge in [-0.25, -0.2) is 0 Å². The molecule has 0 radical (unpaired) electrons. The lowest BCUT2D eigenvalue weighted by molar-refractivity contribution is 0.0695. The van der Waals surface area contributed by atoms with Gasteiger partial charge >= 0.3 is 0 Å². The van der Waals surface area contributed by atoms with Crippen LogP contribution in [0, 0.1) is 0 Å². The van der Waals surface area contributed by atoms with Crippen LogP contribution >= 0.6 is 0 Å². The first kappa shape index (κ1) is 22.9. The Hall–Kier alpha value is -3.32. The number of para-hydroxylation sites is 1. The van der Waals surface area contributed by atoms with Crippen LogP contribution in [0.4, 0.5) is 0 Å². The van der Waals surface area contributed by atoms with Gasteiger partial charge < -0.3 is 23.5 Å². The summed E-state index contributed by atoms with van der Waals surface area (Å²) in [6.07, 6.45) is 0.646. The van der Waals surface area contributed by atoms with E-state index in [1.54, 1.807) is 29.2 Å².